The fraction of sp³-hybridized carbons (Fsp3) is 0.500. The number of halogens is 2. The molecule has 2 aliphatic rings. The predicted octanol–water partition coefficient (Wildman–Crippen LogP) is 2.34. The number of nitrogens with one attached hydrogen (secondary N) is 2. The maximum absolute atomic E-state index is 13.6. The van der Waals surface area contributed by atoms with Crippen molar-refractivity contribution in [3.8, 4) is 0 Å². The monoisotopic (exact) mass is 423 g/mol. The van der Waals surface area contributed by atoms with Gasteiger partial charge in [0.1, 0.15) is 23.7 Å². The summed E-state index contributed by atoms with van der Waals surface area (Å²) in [7, 11) is 0. The van der Waals surface area contributed by atoms with Crippen molar-refractivity contribution < 1.29 is 32.7 Å². The van der Waals surface area contributed by atoms with Gasteiger partial charge < -0.3 is 15.4 Å². The van der Waals surface area contributed by atoms with E-state index < -0.39 is 53.6 Å². The smallest absolute Gasteiger partial charge is 0.327 e. The SMILES string of the molecule is CC1CCC2(CC1)NC(=O)N(CC(=O)O[C@@H](C)C(=O)Nc1ccc(F)cc1F)C2=O. The summed E-state index contributed by atoms with van der Waals surface area (Å²) in [6.07, 6.45) is 1.27. The second-order valence-corrected chi connectivity index (χ2v) is 7.83. The maximum Gasteiger partial charge on any atom is 0.327 e. The molecule has 1 saturated carbocycles. The highest BCUT2D eigenvalue weighted by Gasteiger charge is 2.52. The fourth-order valence-electron chi connectivity index (χ4n) is 3.66. The van der Waals surface area contributed by atoms with E-state index in [9.17, 15) is 28.0 Å². The number of imide groups is 1. The van der Waals surface area contributed by atoms with Crippen LogP contribution >= 0.6 is 0 Å². The van der Waals surface area contributed by atoms with Crippen LogP contribution in [0.2, 0.25) is 0 Å². The average Bonchev–Trinajstić information content (AvgIpc) is 2.90. The molecule has 2 N–H and O–H groups in total. The Bertz CT molecular complexity index is 883. The van der Waals surface area contributed by atoms with Gasteiger partial charge in [0.05, 0.1) is 5.69 Å². The van der Waals surface area contributed by atoms with Crippen molar-refractivity contribution in [3.05, 3.63) is 29.8 Å². The largest absolute Gasteiger partial charge is 0.451 e. The van der Waals surface area contributed by atoms with Gasteiger partial charge in [0, 0.05) is 6.07 Å². The summed E-state index contributed by atoms with van der Waals surface area (Å²) < 4.78 is 31.6. The first-order valence-corrected chi connectivity index (χ1v) is 9.71. The number of carbonyl (C=O) groups is 4. The van der Waals surface area contributed by atoms with Gasteiger partial charge in [-0.1, -0.05) is 6.92 Å². The fourth-order valence-corrected chi connectivity index (χ4v) is 3.66. The average molecular weight is 423 g/mol. The number of ether oxygens (including phenoxy) is 1. The lowest BCUT2D eigenvalue weighted by molar-refractivity contribution is -0.155. The summed E-state index contributed by atoms with van der Waals surface area (Å²) in [4.78, 5) is 50.1. The van der Waals surface area contributed by atoms with Crippen molar-refractivity contribution in [2.45, 2.75) is 51.2 Å². The third-order valence-electron chi connectivity index (χ3n) is 5.53. The second-order valence-electron chi connectivity index (χ2n) is 7.83. The van der Waals surface area contributed by atoms with E-state index in [1.165, 1.54) is 6.92 Å². The van der Waals surface area contributed by atoms with Crippen molar-refractivity contribution >= 4 is 29.5 Å². The van der Waals surface area contributed by atoms with E-state index in [0.29, 0.717) is 24.8 Å². The number of carbonyl (C=O) groups excluding carboxylic acids is 4. The van der Waals surface area contributed by atoms with E-state index >= 15 is 0 Å². The molecule has 1 aromatic rings. The van der Waals surface area contributed by atoms with E-state index in [4.69, 9.17) is 4.74 Å². The summed E-state index contributed by atoms with van der Waals surface area (Å²) in [5.74, 6) is -3.59. The van der Waals surface area contributed by atoms with E-state index in [0.717, 1.165) is 29.9 Å². The normalized spacial score (nSPS) is 24.5. The number of rotatable bonds is 5. The molecule has 0 bridgehead atoms. The molecule has 0 aromatic heterocycles. The van der Waals surface area contributed by atoms with Crippen molar-refractivity contribution in [3.63, 3.8) is 0 Å². The first kappa shape index (κ1) is 21.7. The first-order chi connectivity index (χ1) is 14.1. The number of nitrogens with zero attached hydrogens (tertiary/aromatic N) is 1. The van der Waals surface area contributed by atoms with Crippen LogP contribution in [0.4, 0.5) is 19.3 Å². The van der Waals surface area contributed by atoms with Gasteiger partial charge in [0.2, 0.25) is 0 Å². The van der Waals surface area contributed by atoms with Gasteiger partial charge in [0.15, 0.2) is 6.10 Å². The van der Waals surface area contributed by atoms with Crippen LogP contribution in [-0.4, -0.2) is 46.9 Å². The Labute approximate surface area is 171 Å². The number of esters is 1. The summed E-state index contributed by atoms with van der Waals surface area (Å²) in [6, 6.07) is 1.94. The quantitative estimate of drug-likeness (QED) is 0.559. The number of amides is 4. The van der Waals surface area contributed by atoms with Crippen LogP contribution in [0.3, 0.4) is 0 Å². The van der Waals surface area contributed by atoms with Gasteiger partial charge in [-0.3, -0.25) is 19.3 Å². The third-order valence-corrected chi connectivity index (χ3v) is 5.53. The molecule has 1 aliphatic carbocycles. The molecule has 1 spiro atoms. The van der Waals surface area contributed by atoms with Crippen molar-refractivity contribution in [1.29, 1.82) is 0 Å². The minimum absolute atomic E-state index is 0.271. The Balaban J connectivity index is 1.56. The van der Waals surface area contributed by atoms with Gasteiger partial charge in [-0.25, -0.2) is 13.6 Å². The first-order valence-electron chi connectivity index (χ1n) is 9.71. The molecule has 1 aromatic carbocycles. The highest BCUT2D eigenvalue weighted by Crippen LogP contribution is 2.36. The lowest BCUT2D eigenvalue weighted by Gasteiger charge is -2.33. The highest BCUT2D eigenvalue weighted by molar-refractivity contribution is 6.08. The molecular formula is C20H23F2N3O5. The third kappa shape index (κ3) is 4.42. The molecule has 162 valence electrons. The summed E-state index contributed by atoms with van der Waals surface area (Å²) in [5.41, 5.74) is -1.25. The zero-order valence-corrected chi connectivity index (χ0v) is 16.7. The molecule has 1 aliphatic heterocycles. The lowest BCUT2D eigenvalue weighted by atomic mass is 9.77. The van der Waals surface area contributed by atoms with Gasteiger partial charge >= 0.3 is 12.0 Å². The molecule has 2 fully saturated rings. The van der Waals surface area contributed by atoms with Crippen LogP contribution in [0.25, 0.3) is 0 Å². The highest BCUT2D eigenvalue weighted by atomic mass is 19.1. The zero-order valence-electron chi connectivity index (χ0n) is 16.7. The Morgan fingerprint density at radius 1 is 1.30 bits per heavy atom. The summed E-state index contributed by atoms with van der Waals surface area (Å²) in [6.45, 7) is 2.70. The van der Waals surface area contributed by atoms with E-state index in [2.05, 4.69) is 17.6 Å². The molecule has 1 heterocycles. The maximum atomic E-state index is 13.6. The minimum atomic E-state index is -1.33. The molecule has 1 atom stereocenters. The number of urea groups is 1. The van der Waals surface area contributed by atoms with Gasteiger partial charge in [-0.15, -0.1) is 0 Å². The van der Waals surface area contributed by atoms with E-state index in [1.807, 2.05) is 0 Å². The molecule has 30 heavy (non-hydrogen) atoms. The molecule has 0 radical (unpaired) electrons. The zero-order chi connectivity index (χ0) is 22.1. The Hall–Kier alpha value is -3.04. The molecular weight excluding hydrogens is 400 g/mol. The minimum Gasteiger partial charge on any atom is -0.451 e. The van der Waals surface area contributed by atoms with E-state index in [1.54, 1.807) is 0 Å². The van der Waals surface area contributed by atoms with Crippen LogP contribution in [0.5, 0.6) is 0 Å². The Morgan fingerprint density at radius 2 is 1.97 bits per heavy atom. The van der Waals surface area contributed by atoms with Gasteiger partial charge in [-0.05, 0) is 50.7 Å². The Kier molecular flexibility index (Phi) is 6.04. The van der Waals surface area contributed by atoms with Crippen molar-refractivity contribution in [2.24, 2.45) is 5.92 Å². The molecule has 8 nitrogen and oxygen atoms in total. The van der Waals surface area contributed by atoms with Crippen molar-refractivity contribution in [2.75, 3.05) is 11.9 Å². The number of hydrogen-bond acceptors (Lipinski definition) is 5. The topological polar surface area (TPSA) is 105 Å². The molecule has 3 rings (SSSR count). The van der Waals surface area contributed by atoms with Crippen LogP contribution in [0.15, 0.2) is 18.2 Å². The number of anilines is 1. The lowest BCUT2D eigenvalue weighted by Crippen LogP contribution is -2.49. The number of hydrogen-bond donors (Lipinski definition) is 2. The van der Waals surface area contributed by atoms with Crippen LogP contribution < -0.4 is 10.6 Å². The second kappa shape index (κ2) is 8.37. The van der Waals surface area contributed by atoms with Gasteiger partial charge in [0.25, 0.3) is 11.8 Å². The van der Waals surface area contributed by atoms with Crippen LogP contribution in [0.1, 0.15) is 39.5 Å². The summed E-state index contributed by atoms with van der Waals surface area (Å²) in [5, 5.41) is 4.88. The van der Waals surface area contributed by atoms with Crippen LogP contribution in [0, 0.1) is 17.6 Å². The van der Waals surface area contributed by atoms with Crippen molar-refractivity contribution in [1.82, 2.24) is 10.2 Å². The number of benzene rings is 1. The molecule has 1 saturated heterocycles. The molecule has 4 amide bonds. The van der Waals surface area contributed by atoms with Crippen LogP contribution in [-0.2, 0) is 19.1 Å². The standard InChI is InChI=1S/C20H23F2N3O5/c1-11-5-7-20(8-6-11)18(28)25(19(29)24-20)10-16(26)30-12(2)17(27)23-15-4-3-13(21)9-14(15)22/h3-4,9,11-12H,5-8,10H2,1-2H3,(H,23,27)(H,24,29)/t11?,12-,20?/m0/s1. The van der Waals surface area contributed by atoms with Gasteiger partial charge in [-0.2, -0.15) is 0 Å². The molecule has 0 unspecified atom stereocenters. The van der Waals surface area contributed by atoms with E-state index in [-0.39, 0.29) is 5.69 Å². The predicted molar refractivity (Wildman–Crippen MR) is 101 cm³/mol. The Morgan fingerprint density at radius 3 is 2.60 bits per heavy atom. The molecule has 10 heteroatoms. The summed E-state index contributed by atoms with van der Waals surface area (Å²) >= 11 is 0.